The molecule has 0 aromatic heterocycles. The topological polar surface area (TPSA) is 75.3 Å². The van der Waals surface area contributed by atoms with Crippen LogP contribution in [0.3, 0.4) is 0 Å². The van der Waals surface area contributed by atoms with Gasteiger partial charge in [0.05, 0.1) is 11.7 Å². The van der Waals surface area contributed by atoms with E-state index in [-0.39, 0.29) is 17.5 Å². The van der Waals surface area contributed by atoms with Gasteiger partial charge in [-0.1, -0.05) is 20.8 Å². The molecule has 106 valence electrons. The fourth-order valence-electron chi connectivity index (χ4n) is 1.80. The molecule has 0 aliphatic carbocycles. The van der Waals surface area contributed by atoms with Gasteiger partial charge in [-0.15, -0.1) is 0 Å². The third-order valence-corrected chi connectivity index (χ3v) is 2.58. The van der Waals surface area contributed by atoms with Crippen LogP contribution in [0.25, 0.3) is 0 Å². The molecule has 0 radical (unpaired) electrons. The summed E-state index contributed by atoms with van der Waals surface area (Å²) in [6, 6.07) is 3.82. The predicted molar refractivity (Wildman–Crippen MR) is 73.2 cm³/mol. The fourth-order valence-corrected chi connectivity index (χ4v) is 1.80. The highest BCUT2D eigenvalue weighted by molar-refractivity contribution is 5.95. The Hall–Kier alpha value is -1.62. The molecule has 1 rings (SSSR count). The van der Waals surface area contributed by atoms with Crippen LogP contribution in [0.5, 0.6) is 0 Å². The largest absolute Gasteiger partial charge is 0.399 e. The van der Waals surface area contributed by atoms with E-state index >= 15 is 0 Å². The number of hydrogen-bond donors (Lipinski definition) is 3. The maximum absolute atomic E-state index is 13.4. The Balaban J connectivity index is 2.58. The third-order valence-electron chi connectivity index (χ3n) is 2.58. The van der Waals surface area contributed by atoms with E-state index in [1.165, 1.54) is 12.1 Å². The van der Waals surface area contributed by atoms with Crippen LogP contribution >= 0.6 is 0 Å². The second kappa shape index (κ2) is 6.02. The summed E-state index contributed by atoms with van der Waals surface area (Å²) in [5.41, 5.74) is 5.69. The second-order valence-corrected chi connectivity index (χ2v) is 5.87. The van der Waals surface area contributed by atoms with E-state index < -0.39 is 17.8 Å². The van der Waals surface area contributed by atoms with E-state index in [4.69, 9.17) is 5.73 Å². The number of anilines is 1. The summed E-state index contributed by atoms with van der Waals surface area (Å²) in [6.45, 7) is 6.07. The highest BCUT2D eigenvalue weighted by Crippen LogP contribution is 2.20. The molecule has 4 nitrogen and oxygen atoms in total. The number of carbonyl (C=O) groups excluding carboxylic acids is 1. The number of nitrogens with two attached hydrogens (primary N) is 1. The molecule has 0 aliphatic rings. The Morgan fingerprint density at radius 1 is 1.47 bits per heavy atom. The van der Waals surface area contributed by atoms with Gasteiger partial charge in [0.15, 0.2) is 0 Å². The van der Waals surface area contributed by atoms with Crippen molar-refractivity contribution in [2.45, 2.75) is 33.3 Å². The quantitative estimate of drug-likeness (QED) is 0.730. The summed E-state index contributed by atoms with van der Waals surface area (Å²) in [5.74, 6) is -1.20. The standard InChI is InChI=1S/C14H21FN2O2/c1-14(2,3)7-10(18)8-17-13(19)11-6-9(16)4-5-12(11)15/h4-6,10,18H,7-8,16H2,1-3H3,(H,17,19). The van der Waals surface area contributed by atoms with Gasteiger partial charge in [0.2, 0.25) is 0 Å². The molecule has 4 N–H and O–H groups in total. The first-order valence-electron chi connectivity index (χ1n) is 6.20. The average Bonchev–Trinajstić information content (AvgIpc) is 2.27. The molecule has 0 saturated heterocycles. The molecule has 0 fully saturated rings. The molecule has 0 bridgehead atoms. The normalized spacial score (nSPS) is 13.1. The minimum absolute atomic E-state index is 0.0351. The molecular formula is C14H21FN2O2. The third kappa shape index (κ3) is 5.26. The Bertz CT molecular complexity index is 455. The van der Waals surface area contributed by atoms with Crippen LogP contribution in [0.15, 0.2) is 18.2 Å². The summed E-state index contributed by atoms with van der Waals surface area (Å²) in [4.78, 5) is 11.8. The molecule has 1 aromatic carbocycles. The Morgan fingerprint density at radius 2 is 2.11 bits per heavy atom. The molecule has 1 aromatic rings. The lowest BCUT2D eigenvalue weighted by atomic mass is 9.89. The van der Waals surface area contributed by atoms with E-state index in [0.717, 1.165) is 6.07 Å². The van der Waals surface area contributed by atoms with Gasteiger partial charge in [-0.05, 0) is 30.0 Å². The highest BCUT2D eigenvalue weighted by atomic mass is 19.1. The zero-order valence-corrected chi connectivity index (χ0v) is 11.5. The number of amides is 1. The zero-order chi connectivity index (χ0) is 14.6. The van der Waals surface area contributed by atoms with Crippen LogP contribution in [-0.4, -0.2) is 23.7 Å². The van der Waals surface area contributed by atoms with Gasteiger partial charge in [0, 0.05) is 12.2 Å². The van der Waals surface area contributed by atoms with Gasteiger partial charge in [-0.3, -0.25) is 4.79 Å². The fraction of sp³-hybridized carbons (Fsp3) is 0.500. The summed E-state index contributed by atoms with van der Waals surface area (Å²) in [6.07, 6.45) is -0.111. The van der Waals surface area contributed by atoms with E-state index in [1.54, 1.807) is 0 Å². The predicted octanol–water partition coefficient (Wildman–Crippen LogP) is 1.93. The number of nitrogens with one attached hydrogen (secondary N) is 1. The summed E-state index contributed by atoms with van der Waals surface area (Å²) < 4.78 is 13.4. The van der Waals surface area contributed by atoms with Crippen molar-refractivity contribution in [3.05, 3.63) is 29.6 Å². The SMILES string of the molecule is CC(C)(C)CC(O)CNC(=O)c1cc(N)ccc1F. The number of halogens is 1. The van der Waals surface area contributed by atoms with E-state index in [0.29, 0.717) is 12.1 Å². The van der Waals surface area contributed by atoms with Crippen molar-refractivity contribution >= 4 is 11.6 Å². The molecule has 0 aliphatic heterocycles. The highest BCUT2D eigenvalue weighted by Gasteiger charge is 2.18. The Labute approximate surface area is 112 Å². The zero-order valence-electron chi connectivity index (χ0n) is 11.5. The van der Waals surface area contributed by atoms with Crippen LogP contribution in [0.2, 0.25) is 0 Å². The molecule has 1 amide bonds. The van der Waals surface area contributed by atoms with E-state index in [1.807, 2.05) is 20.8 Å². The lowest BCUT2D eigenvalue weighted by molar-refractivity contribution is 0.0865. The molecule has 19 heavy (non-hydrogen) atoms. The van der Waals surface area contributed by atoms with Gasteiger partial charge >= 0.3 is 0 Å². The van der Waals surface area contributed by atoms with Gasteiger partial charge in [0.25, 0.3) is 5.91 Å². The van der Waals surface area contributed by atoms with Gasteiger partial charge < -0.3 is 16.2 Å². The van der Waals surface area contributed by atoms with Crippen LogP contribution in [0.1, 0.15) is 37.6 Å². The molecule has 1 unspecified atom stereocenters. The van der Waals surface area contributed by atoms with E-state index in [9.17, 15) is 14.3 Å². The molecule has 5 heteroatoms. The average molecular weight is 268 g/mol. The first kappa shape index (κ1) is 15.4. The van der Waals surface area contributed by atoms with Crippen molar-refractivity contribution < 1.29 is 14.3 Å². The van der Waals surface area contributed by atoms with Crippen molar-refractivity contribution in [1.29, 1.82) is 0 Å². The van der Waals surface area contributed by atoms with Crippen molar-refractivity contribution in [1.82, 2.24) is 5.32 Å². The lowest BCUT2D eigenvalue weighted by Crippen LogP contribution is -2.34. The van der Waals surface area contributed by atoms with Crippen molar-refractivity contribution in [3.8, 4) is 0 Å². The molecular weight excluding hydrogens is 247 g/mol. The van der Waals surface area contributed by atoms with Crippen molar-refractivity contribution in [2.75, 3.05) is 12.3 Å². The van der Waals surface area contributed by atoms with Crippen LogP contribution in [-0.2, 0) is 0 Å². The number of aliphatic hydroxyl groups excluding tert-OH is 1. The lowest BCUT2D eigenvalue weighted by Gasteiger charge is -2.22. The number of aliphatic hydroxyl groups is 1. The number of benzene rings is 1. The maximum atomic E-state index is 13.4. The van der Waals surface area contributed by atoms with Crippen LogP contribution in [0, 0.1) is 11.2 Å². The molecule has 1 atom stereocenters. The van der Waals surface area contributed by atoms with Gasteiger partial charge in [-0.2, -0.15) is 0 Å². The van der Waals surface area contributed by atoms with Crippen LogP contribution < -0.4 is 11.1 Å². The Morgan fingerprint density at radius 3 is 2.68 bits per heavy atom. The monoisotopic (exact) mass is 268 g/mol. The smallest absolute Gasteiger partial charge is 0.254 e. The number of rotatable bonds is 4. The molecule has 0 saturated carbocycles. The minimum atomic E-state index is -0.659. The summed E-state index contributed by atoms with van der Waals surface area (Å²) in [7, 11) is 0. The van der Waals surface area contributed by atoms with Crippen LogP contribution in [0.4, 0.5) is 10.1 Å². The first-order valence-corrected chi connectivity index (χ1v) is 6.20. The van der Waals surface area contributed by atoms with Crippen molar-refractivity contribution in [3.63, 3.8) is 0 Å². The molecule has 0 heterocycles. The maximum Gasteiger partial charge on any atom is 0.254 e. The van der Waals surface area contributed by atoms with Gasteiger partial charge in [0.1, 0.15) is 5.82 Å². The van der Waals surface area contributed by atoms with Crippen molar-refractivity contribution in [2.24, 2.45) is 5.41 Å². The first-order chi connectivity index (χ1) is 8.69. The Kier molecular flexibility index (Phi) is 4.89. The second-order valence-electron chi connectivity index (χ2n) is 5.87. The number of nitrogen functional groups attached to an aromatic ring is 1. The number of hydrogen-bond acceptors (Lipinski definition) is 3. The molecule has 0 spiro atoms. The number of carbonyl (C=O) groups is 1. The minimum Gasteiger partial charge on any atom is -0.399 e. The summed E-state index contributed by atoms with van der Waals surface area (Å²) in [5, 5.41) is 12.3. The van der Waals surface area contributed by atoms with E-state index in [2.05, 4.69) is 5.32 Å². The van der Waals surface area contributed by atoms with Gasteiger partial charge in [-0.25, -0.2) is 4.39 Å². The summed E-state index contributed by atoms with van der Waals surface area (Å²) >= 11 is 0.